The first-order valence-corrected chi connectivity index (χ1v) is 11.9. The van der Waals surface area contributed by atoms with Crippen molar-refractivity contribution in [1.82, 2.24) is 4.98 Å². The lowest BCUT2D eigenvalue weighted by atomic mass is 10.1. The SMILES string of the molecule is Cc1ccccc1-c1nc(CS(=O)(=O)CC(=O)CCCCc2ccccc2)c(C)o1. The Hall–Kier alpha value is -2.73. The van der Waals surface area contributed by atoms with Crippen LogP contribution in [0.25, 0.3) is 11.5 Å². The van der Waals surface area contributed by atoms with E-state index in [1.54, 1.807) is 6.92 Å². The van der Waals surface area contributed by atoms with Gasteiger partial charge in [-0.15, -0.1) is 0 Å². The Morgan fingerprint density at radius 2 is 1.67 bits per heavy atom. The summed E-state index contributed by atoms with van der Waals surface area (Å²) in [7, 11) is -3.60. The average Bonchev–Trinajstić information content (AvgIpc) is 3.05. The molecule has 1 heterocycles. The molecule has 158 valence electrons. The molecule has 6 heteroatoms. The van der Waals surface area contributed by atoms with E-state index in [0.717, 1.165) is 24.0 Å². The van der Waals surface area contributed by atoms with Crippen molar-refractivity contribution in [3.05, 3.63) is 77.2 Å². The molecule has 0 aliphatic rings. The number of hydrogen-bond acceptors (Lipinski definition) is 5. The highest BCUT2D eigenvalue weighted by atomic mass is 32.2. The Kier molecular flexibility index (Phi) is 7.21. The van der Waals surface area contributed by atoms with Gasteiger partial charge in [0.1, 0.15) is 17.3 Å². The van der Waals surface area contributed by atoms with E-state index in [-0.39, 0.29) is 18.0 Å². The second-order valence-corrected chi connectivity index (χ2v) is 9.66. The van der Waals surface area contributed by atoms with Crippen molar-refractivity contribution >= 4 is 15.6 Å². The van der Waals surface area contributed by atoms with E-state index in [2.05, 4.69) is 17.1 Å². The van der Waals surface area contributed by atoms with E-state index < -0.39 is 15.6 Å². The number of hydrogen-bond donors (Lipinski definition) is 0. The van der Waals surface area contributed by atoms with Gasteiger partial charge in [-0.25, -0.2) is 13.4 Å². The molecule has 0 radical (unpaired) electrons. The van der Waals surface area contributed by atoms with Crippen LogP contribution in [0.4, 0.5) is 0 Å². The van der Waals surface area contributed by atoms with Gasteiger partial charge < -0.3 is 4.42 Å². The molecular formula is C24H27NO4S. The fourth-order valence-electron chi connectivity index (χ4n) is 3.36. The number of carbonyl (C=O) groups excluding carboxylic acids is 1. The standard InChI is InChI=1S/C24H27NO4S/c1-18-10-6-9-15-22(18)24-25-23(19(2)29-24)17-30(27,28)16-21(26)14-8-7-13-20-11-4-3-5-12-20/h3-6,9-12,15H,7-8,13-14,16-17H2,1-2H3. The fourth-order valence-corrected chi connectivity index (χ4v) is 4.78. The summed E-state index contributed by atoms with van der Waals surface area (Å²) < 4.78 is 30.7. The molecule has 0 bridgehead atoms. The zero-order valence-corrected chi connectivity index (χ0v) is 18.2. The molecule has 5 nitrogen and oxygen atoms in total. The van der Waals surface area contributed by atoms with Crippen LogP contribution in [0.15, 0.2) is 59.0 Å². The molecule has 1 aromatic heterocycles. The topological polar surface area (TPSA) is 77.2 Å². The molecule has 0 aliphatic heterocycles. The van der Waals surface area contributed by atoms with Crippen molar-refractivity contribution in [1.29, 1.82) is 0 Å². The Morgan fingerprint density at radius 1 is 0.967 bits per heavy atom. The van der Waals surface area contributed by atoms with Crippen LogP contribution in [0.2, 0.25) is 0 Å². The number of sulfone groups is 1. The maximum Gasteiger partial charge on any atom is 0.226 e. The minimum atomic E-state index is -3.60. The van der Waals surface area contributed by atoms with E-state index in [0.29, 0.717) is 23.8 Å². The van der Waals surface area contributed by atoms with Crippen molar-refractivity contribution in [2.45, 2.75) is 45.3 Å². The first-order valence-electron chi connectivity index (χ1n) is 10.1. The molecule has 0 amide bonds. The Labute approximate surface area is 178 Å². The maximum atomic E-state index is 12.5. The summed E-state index contributed by atoms with van der Waals surface area (Å²) in [5, 5.41) is 0. The van der Waals surface area contributed by atoms with E-state index in [1.807, 2.05) is 49.4 Å². The lowest BCUT2D eigenvalue weighted by molar-refractivity contribution is -0.116. The highest BCUT2D eigenvalue weighted by Crippen LogP contribution is 2.25. The number of ketones is 1. The third-order valence-electron chi connectivity index (χ3n) is 5.02. The van der Waals surface area contributed by atoms with Gasteiger partial charge in [-0.1, -0.05) is 48.5 Å². The van der Waals surface area contributed by atoms with Gasteiger partial charge in [0.2, 0.25) is 5.89 Å². The summed E-state index contributed by atoms with van der Waals surface area (Å²) in [6.45, 7) is 3.65. The quantitative estimate of drug-likeness (QED) is 0.434. The molecule has 2 aromatic carbocycles. The fraction of sp³-hybridized carbons (Fsp3) is 0.333. The lowest BCUT2D eigenvalue weighted by Crippen LogP contribution is -2.18. The van der Waals surface area contributed by atoms with Gasteiger partial charge in [-0.05, 0) is 50.3 Å². The van der Waals surface area contributed by atoms with Gasteiger partial charge >= 0.3 is 0 Å². The number of oxazole rings is 1. The highest BCUT2D eigenvalue weighted by Gasteiger charge is 2.22. The Bertz CT molecular complexity index is 1100. The summed E-state index contributed by atoms with van der Waals surface area (Å²) in [5.41, 5.74) is 3.42. The minimum absolute atomic E-state index is 0.247. The largest absolute Gasteiger partial charge is 0.441 e. The number of carbonyl (C=O) groups is 1. The monoisotopic (exact) mass is 425 g/mol. The van der Waals surface area contributed by atoms with E-state index in [4.69, 9.17) is 4.42 Å². The first-order chi connectivity index (χ1) is 14.3. The number of aryl methyl sites for hydroxylation is 3. The molecule has 3 rings (SSSR count). The lowest BCUT2D eigenvalue weighted by Gasteiger charge is -2.04. The van der Waals surface area contributed by atoms with E-state index in [1.165, 1.54) is 5.56 Å². The normalized spacial score (nSPS) is 11.5. The van der Waals surface area contributed by atoms with Crippen molar-refractivity contribution in [3.63, 3.8) is 0 Å². The maximum absolute atomic E-state index is 12.5. The summed E-state index contributed by atoms with van der Waals surface area (Å²) in [5.74, 6) is -0.118. The van der Waals surface area contributed by atoms with Gasteiger partial charge in [-0.2, -0.15) is 0 Å². The number of Topliss-reactive ketones (excluding diaryl/α,β-unsaturated/α-hetero) is 1. The molecule has 0 atom stereocenters. The number of rotatable bonds is 10. The number of nitrogens with zero attached hydrogens (tertiary/aromatic N) is 1. The van der Waals surface area contributed by atoms with Crippen LogP contribution >= 0.6 is 0 Å². The molecule has 0 unspecified atom stereocenters. The first kappa shape index (κ1) is 22.0. The third kappa shape index (κ3) is 6.13. The zero-order chi connectivity index (χ0) is 21.6. The smallest absolute Gasteiger partial charge is 0.226 e. The third-order valence-corrected chi connectivity index (χ3v) is 6.49. The molecular weight excluding hydrogens is 398 g/mol. The highest BCUT2D eigenvalue weighted by molar-refractivity contribution is 7.91. The van der Waals surface area contributed by atoms with Crippen molar-refractivity contribution in [3.8, 4) is 11.5 Å². The van der Waals surface area contributed by atoms with Gasteiger partial charge in [0, 0.05) is 12.0 Å². The van der Waals surface area contributed by atoms with Crippen molar-refractivity contribution in [2.24, 2.45) is 0 Å². The second-order valence-electron chi connectivity index (χ2n) is 7.60. The van der Waals surface area contributed by atoms with Gasteiger partial charge in [-0.3, -0.25) is 4.79 Å². The molecule has 3 aromatic rings. The van der Waals surface area contributed by atoms with Gasteiger partial charge in [0.15, 0.2) is 9.84 Å². The number of aromatic nitrogens is 1. The molecule has 0 saturated heterocycles. The minimum Gasteiger partial charge on any atom is -0.441 e. The van der Waals surface area contributed by atoms with Crippen LogP contribution in [0.1, 0.15) is 41.8 Å². The predicted octanol–water partition coefficient (Wildman–Crippen LogP) is 4.86. The second kappa shape index (κ2) is 9.85. The van der Waals surface area contributed by atoms with Crippen LogP contribution in [0.3, 0.4) is 0 Å². The molecule has 0 saturated carbocycles. The summed E-state index contributed by atoms with van der Waals surface area (Å²) in [4.78, 5) is 16.6. The van der Waals surface area contributed by atoms with Gasteiger partial charge in [0.25, 0.3) is 0 Å². The zero-order valence-electron chi connectivity index (χ0n) is 17.4. The van der Waals surface area contributed by atoms with Crippen LogP contribution in [-0.2, 0) is 26.8 Å². The van der Waals surface area contributed by atoms with Gasteiger partial charge in [0.05, 0.1) is 11.4 Å². The molecule has 0 N–H and O–H groups in total. The van der Waals surface area contributed by atoms with Crippen LogP contribution < -0.4 is 0 Å². The molecule has 0 aliphatic carbocycles. The Balaban J connectivity index is 1.53. The summed E-state index contributed by atoms with van der Waals surface area (Å²) in [6.07, 6.45) is 2.71. The van der Waals surface area contributed by atoms with Crippen LogP contribution in [-0.4, -0.2) is 24.9 Å². The molecule has 0 fully saturated rings. The van der Waals surface area contributed by atoms with Crippen LogP contribution in [0, 0.1) is 13.8 Å². The summed E-state index contributed by atoms with van der Waals surface area (Å²) in [6, 6.07) is 17.7. The average molecular weight is 426 g/mol. The molecule has 0 spiro atoms. The predicted molar refractivity (Wildman–Crippen MR) is 118 cm³/mol. The summed E-state index contributed by atoms with van der Waals surface area (Å²) >= 11 is 0. The number of benzene rings is 2. The molecule has 30 heavy (non-hydrogen) atoms. The number of unbranched alkanes of at least 4 members (excludes halogenated alkanes) is 1. The van der Waals surface area contributed by atoms with Crippen LogP contribution in [0.5, 0.6) is 0 Å². The van der Waals surface area contributed by atoms with Crippen molar-refractivity contribution in [2.75, 3.05) is 5.75 Å². The Morgan fingerprint density at radius 3 is 2.40 bits per heavy atom. The van der Waals surface area contributed by atoms with E-state index >= 15 is 0 Å². The van der Waals surface area contributed by atoms with Crippen molar-refractivity contribution < 1.29 is 17.6 Å². The van der Waals surface area contributed by atoms with E-state index in [9.17, 15) is 13.2 Å².